The van der Waals surface area contributed by atoms with Gasteiger partial charge < -0.3 is 0 Å². The van der Waals surface area contributed by atoms with Crippen LogP contribution in [0.2, 0.25) is 0 Å². The summed E-state index contributed by atoms with van der Waals surface area (Å²) >= 11 is -0.0296. The van der Waals surface area contributed by atoms with Gasteiger partial charge in [-0.2, -0.15) is 0 Å². The van der Waals surface area contributed by atoms with Gasteiger partial charge >= 0.3 is 184 Å². The fraction of sp³-hybridized carbons (Fsp3) is 0.385. The number of nitrogens with zero attached hydrogens (tertiary/aromatic N) is 2. The Morgan fingerprint density at radius 3 is 1.45 bits per heavy atom. The first-order valence-electron chi connectivity index (χ1n) is 10.3. The van der Waals surface area contributed by atoms with Gasteiger partial charge in [0.1, 0.15) is 0 Å². The van der Waals surface area contributed by atoms with E-state index in [1.54, 1.807) is 0 Å². The first kappa shape index (κ1) is 21.8. The number of anilines is 2. The molecule has 3 rings (SSSR count). The predicted molar refractivity (Wildman–Crippen MR) is 127 cm³/mol. The average Bonchev–Trinajstić information content (AvgIpc) is 2.96. The fourth-order valence-electron chi connectivity index (χ4n) is 4.43. The topological polar surface area (TPSA) is 6.48 Å². The molecule has 0 aliphatic carbocycles. The van der Waals surface area contributed by atoms with Gasteiger partial charge in [-0.15, -0.1) is 0 Å². The van der Waals surface area contributed by atoms with Crippen LogP contribution in [0.3, 0.4) is 0 Å². The van der Waals surface area contributed by atoms with E-state index in [9.17, 15) is 0 Å². The first-order valence-corrected chi connectivity index (χ1v) is 12.2. The van der Waals surface area contributed by atoms with Gasteiger partial charge in [0.15, 0.2) is 0 Å². The molecule has 2 aromatic carbocycles. The number of allylic oxidation sites excluding steroid dienone is 2. The molecule has 1 aliphatic heterocycles. The molecule has 1 aliphatic rings. The van der Waals surface area contributed by atoms with Crippen LogP contribution in [0, 0.1) is 41.5 Å². The van der Waals surface area contributed by atoms with Gasteiger partial charge in [-0.05, 0) is 0 Å². The molecule has 0 aromatic heterocycles. The van der Waals surface area contributed by atoms with Crippen molar-refractivity contribution in [2.45, 2.75) is 55.4 Å². The standard InChI is InChI=1S/C21H26N2.C5H8.Ru/c1-14-9-16(3)20(17(4)10-14)22-7-8-23(13-22)21-18(5)11-15(2)12-19(21)6;1-4-5(2)3;/h9-12H,7-8H2,1-6H3;1,4H,2-3H3;. The van der Waals surface area contributed by atoms with Crippen LogP contribution in [-0.4, -0.2) is 22.1 Å². The van der Waals surface area contributed by atoms with E-state index >= 15 is 0 Å². The normalized spacial score (nSPS) is 13.9. The summed E-state index contributed by atoms with van der Waals surface area (Å²) in [5.74, 6) is 0. The number of rotatable bonds is 3. The zero-order chi connectivity index (χ0) is 21.3. The Hall–Kier alpha value is -1.86. The van der Waals surface area contributed by atoms with Crippen molar-refractivity contribution >= 4 is 20.3 Å². The molecular formula is C26H34N2Ru. The Morgan fingerprint density at radius 2 is 1.10 bits per heavy atom. The predicted octanol–water partition coefficient (Wildman–Crippen LogP) is 5.80. The summed E-state index contributed by atoms with van der Waals surface area (Å²) in [5.41, 5.74) is 12.4. The van der Waals surface area contributed by atoms with Gasteiger partial charge in [-0.3, -0.25) is 0 Å². The van der Waals surface area contributed by atoms with E-state index in [2.05, 4.69) is 100 Å². The van der Waals surface area contributed by atoms with Crippen LogP contribution < -0.4 is 9.80 Å². The third-order valence-corrected chi connectivity index (χ3v) is 7.30. The fourth-order valence-corrected chi connectivity index (χ4v) is 6.74. The second-order valence-electron chi connectivity index (χ2n) is 8.52. The Bertz CT molecular complexity index is 921. The van der Waals surface area contributed by atoms with Gasteiger partial charge in [-0.25, -0.2) is 0 Å². The minimum atomic E-state index is -0.0296. The molecule has 0 radical (unpaired) electrons. The second-order valence-corrected chi connectivity index (χ2v) is 10.4. The van der Waals surface area contributed by atoms with Crippen LogP contribution in [0.1, 0.15) is 47.2 Å². The Balaban J connectivity index is 2.19. The summed E-state index contributed by atoms with van der Waals surface area (Å²) in [7, 11) is 0. The maximum atomic E-state index is 2.59. The molecule has 0 amide bonds. The maximum absolute atomic E-state index is 2.59. The van der Waals surface area contributed by atoms with Gasteiger partial charge in [0.2, 0.25) is 0 Å². The summed E-state index contributed by atoms with van der Waals surface area (Å²) < 4.78 is 3.88. The summed E-state index contributed by atoms with van der Waals surface area (Å²) in [6.45, 7) is 19.9. The van der Waals surface area contributed by atoms with Crippen molar-refractivity contribution < 1.29 is 16.2 Å². The van der Waals surface area contributed by atoms with Crippen LogP contribution in [-0.2, 0) is 16.2 Å². The average molecular weight is 476 g/mol. The number of hydrogen-bond acceptors (Lipinski definition) is 2. The van der Waals surface area contributed by atoms with Gasteiger partial charge in [0.05, 0.1) is 0 Å². The van der Waals surface area contributed by atoms with E-state index in [0.717, 1.165) is 13.1 Å². The third-order valence-electron chi connectivity index (χ3n) is 5.33. The number of aryl methyl sites for hydroxylation is 6. The zero-order valence-corrected chi connectivity index (χ0v) is 20.9. The van der Waals surface area contributed by atoms with E-state index in [-0.39, 0.29) is 16.2 Å². The van der Waals surface area contributed by atoms with Crippen LogP contribution in [0.25, 0.3) is 0 Å². The summed E-state index contributed by atoms with van der Waals surface area (Å²) in [5, 5.41) is 0. The summed E-state index contributed by atoms with van der Waals surface area (Å²) in [4.78, 5) is 5.19. The van der Waals surface area contributed by atoms with Crippen LogP contribution in [0.4, 0.5) is 11.4 Å². The second kappa shape index (κ2) is 8.88. The molecule has 0 saturated carbocycles. The first-order chi connectivity index (χ1) is 13.7. The molecule has 29 heavy (non-hydrogen) atoms. The minimum absolute atomic E-state index is 0.0296. The molecule has 0 atom stereocenters. The van der Waals surface area contributed by atoms with Crippen molar-refractivity contribution in [3.63, 3.8) is 0 Å². The van der Waals surface area contributed by atoms with E-state index in [1.165, 1.54) is 54.7 Å². The third kappa shape index (κ3) is 4.67. The van der Waals surface area contributed by atoms with Crippen molar-refractivity contribution in [3.8, 4) is 0 Å². The molecule has 2 aromatic rings. The summed E-state index contributed by atoms with van der Waals surface area (Å²) in [6.07, 6.45) is 2.28. The molecule has 0 N–H and O–H groups in total. The molecule has 1 saturated heterocycles. The van der Waals surface area contributed by atoms with Crippen molar-refractivity contribution in [1.82, 2.24) is 0 Å². The van der Waals surface area contributed by atoms with Crippen LogP contribution in [0.15, 0.2) is 35.9 Å². The van der Waals surface area contributed by atoms with Crippen molar-refractivity contribution in [2.24, 2.45) is 0 Å². The quantitative estimate of drug-likeness (QED) is 0.518. The molecule has 2 nitrogen and oxygen atoms in total. The van der Waals surface area contributed by atoms with Crippen molar-refractivity contribution in [3.05, 3.63) is 69.3 Å². The van der Waals surface area contributed by atoms with Gasteiger partial charge in [0, 0.05) is 0 Å². The van der Waals surface area contributed by atoms with E-state index in [4.69, 9.17) is 0 Å². The SMILES string of the molecule is CC(C)=C[CH]=[Ru]=[C]1N(c2c(C)cc(C)cc2C)CCN1c1c(C)cc(C)cc1C. The van der Waals surface area contributed by atoms with E-state index < -0.39 is 0 Å². The van der Waals surface area contributed by atoms with Crippen LogP contribution >= 0.6 is 0 Å². The molecule has 0 bridgehead atoms. The van der Waals surface area contributed by atoms with E-state index in [0.29, 0.717) is 0 Å². The Kier molecular flexibility index (Phi) is 6.69. The van der Waals surface area contributed by atoms with Gasteiger partial charge in [0.25, 0.3) is 0 Å². The monoisotopic (exact) mass is 476 g/mol. The number of hydrogen-bond donors (Lipinski definition) is 0. The van der Waals surface area contributed by atoms with Crippen LogP contribution in [0.5, 0.6) is 0 Å². The Morgan fingerprint density at radius 1 is 0.724 bits per heavy atom. The number of benzene rings is 2. The molecule has 1 heterocycles. The molecule has 0 spiro atoms. The molecule has 3 heteroatoms. The zero-order valence-electron chi connectivity index (χ0n) is 19.1. The molecule has 0 unspecified atom stereocenters. The molecular weight excluding hydrogens is 441 g/mol. The van der Waals surface area contributed by atoms with Crippen molar-refractivity contribution in [2.75, 3.05) is 22.9 Å². The summed E-state index contributed by atoms with van der Waals surface area (Å²) in [6, 6.07) is 9.28. The van der Waals surface area contributed by atoms with Gasteiger partial charge in [-0.1, -0.05) is 0 Å². The molecule has 1 fully saturated rings. The van der Waals surface area contributed by atoms with E-state index in [1.807, 2.05) is 0 Å². The Labute approximate surface area is 183 Å². The molecule has 156 valence electrons. The van der Waals surface area contributed by atoms with Crippen molar-refractivity contribution in [1.29, 1.82) is 0 Å².